The first-order chi connectivity index (χ1) is 9.67. The smallest absolute Gasteiger partial charge is 0.124 e. The SMILES string of the molecule is N#CCc1cc(O)cc2sc(-c3ccc(O)cc3)nc12. The van der Waals surface area contributed by atoms with E-state index in [1.807, 2.05) is 0 Å². The Morgan fingerprint density at radius 2 is 1.85 bits per heavy atom. The molecule has 0 fully saturated rings. The van der Waals surface area contributed by atoms with Gasteiger partial charge in [0.25, 0.3) is 0 Å². The molecule has 0 saturated heterocycles. The summed E-state index contributed by atoms with van der Waals surface area (Å²) >= 11 is 1.45. The maximum Gasteiger partial charge on any atom is 0.124 e. The lowest BCUT2D eigenvalue weighted by molar-refractivity contribution is 0.475. The lowest BCUT2D eigenvalue weighted by Crippen LogP contribution is -1.84. The van der Waals surface area contributed by atoms with Gasteiger partial charge in [-0.3, -0.25) is 0 Å². The molecule has 0 aliphatic rings. The average Bonchev–Trinajstić information content (AvgIpc) is 2.83. The first-order valence-electron chi connectivity index (χ1n) is 5.96. The molecule has 0 saturated carbocycles. The predicted molar refractivity (Wildman–Crippen MR) is 77.7 cm³/mol. The van der Waals surface area contributed by atoms with Gasteiger partial charge < -0.3 is 10.2 Å². The van der Waals surface area contributed by atoms with E-state index in [0.717, 1.165) is 26.4 Å². The molecule has 0 radical (unpaired) electrons. The lowest BCUT2D eigenvalue weighted by Gasteiger charge is -1.98. The molecule has 0 atom stereocenters. The zero-order valence-corrected chi connectivity index (χ0v) is 11.2. The Kier molecular flexibility index (Phi) is 3.01. The van der Waals surface area contributed by atoms with Gasteiger partial charge in [0.05, 0.1) is 22.7 Å². The van der Waals surface area contributed by atoms with E-state index in [1.54, 1.807) is 36.4 Å². The van der Waals surface area contributed by atoms with Crippen molar-refractivity contribution < 1.29 is 10.2 Å². The quantitative estimate of drug-likeness (QED) is 0.754. The summed E-state index contributed by atoms with van der Waals surface area (Å²) in [6, 6.07) is 12.1. The minimum atomic E-state index is 0.142. The maximum absolute atomic E-state index is 9.69. The van der Waals surface area contributed by atoms with Crippen molar-refractivity contribution in [2.24, 2.45) is 0 Å². The molecule has 3 aromatic rings. The Morgan fingerprint density at radius 3 is 2.55 bits per heavy atom. The molecule has 5 heteroatoms. The van der Waals surface area contributed by atoms with Crippen molar-refractivity contribution in [1.82, 2.24) is 4.98 Å². The second-order valence-corrected chi connectivity index (χ2v) is 5.38. The number of thiazole rings is 1. The molecule has 98 valence electrons. The molecule has 1 heterocycles. The predicted octanol–water partition coefficient (Wildman–Crippen LogP) is 3.44. The third kappa shape index (κ3) is 2.17. The lowest BCUT2D eigenvalue weighted by atomic mass is 10.1. The zero-order valence-electron chi connectivity index (χ0n) is 10.4. The van der Waals surface area contributed by atoms with Gasteiger partial charge in [0.2, 0.25) is 0 Å². The van der Waals surface area contributed by atoms with Crippen molar-refractivity contribution in [1.29, 1.82) is 5.26 Å². The maximum atomic E-state index is 9.69. The molecule has 4 nitrogen and oxygen atoms in total. The molecule has 3 rings (SSSR count). The highest BCUT2D eigenvalue weighted by Gasteiger charge is 2.11. The van der Waals surface area contributed by atoms with Crippen LogP contribution in [-0.2, 0) is 6.42 Å². The fourth-order valence-electron chi connectivity index (χ4n) is 2.03. The highest BCUT2D eigenvalue weighted by atomic mass is 32.1. The Labute approximate surface area is 119 Å². The summed E-state index contributed by atoms with van der Waals surface area (Å²) in [7, 11) is 0. The highest BCUT2D eigenvalue weighted by Crippen LogP contribution is 2.34. The van der Waals surface area contributed by atoms with Gasteiger partial charge in [-0.2, -0.15) is 5.26 Å². The van der Waals surface area contributed by atoms with E-state index in [-0.39, 0.29) is 17.9 Å². The molecule has 0 unspecified atom stereocenters. The highest BCUT2D eigenvalue weighted by molar-refractivity contribution is 7.21. The van der Waals surface area contributed by atoms with E-state index in [9.17, 15) is 10.2 Å². The second kappa shape index (κ2) is 4.83. The molecule has 20 heavy (non-hydrogen) atoms. The van der Waals surface area contributed by atoms with Gasteiger partial charge in [0.15, 0.2) is 0 Å². The molecule has 1 aromatic heterocycles. The van der Waals surface area contributed by atoms with E-state index in [2.05, 4.69) is 11.1 Å². The largest absolute Gasteiger partial charge is 0.508 e. The summed E-state index contributed by atoms with van der Waals surface area (Å²) in [6.45, 7) is 0. The van der Waals surface area contributed by atoms with Gasteiger partial charge >= 0.3 is 0 Å². The first kappa shape index (κ1) is 12.5. The van der Waals surface area contributed by atoms with Crippen molar-refractivity contribution >= 4 is 21.6 Å². The number of phenolic OH excluding ortho intramolecular Hbond substituents is 2. The van der Waals surface area contributed by atoms with Crippen LogP contribution in [0.15, 0.2) is 36.4 Å². The van der Waals surface area contributed by atoms with E-state index >= 15 is 0 Å². The number of aromatic nitrogens is 1. The van der Waals surface area contributed by atoms with Crippen molar-refractivity contribution in [3.05, 3.63) is 42.0 Å². The summed E-state index contributed by atoms with van der Waals surface area (Å²) < 4.78 is 0.846. The van der Waals surface area contributed by atoms with Crippen LogP contribution in [0.1, 0.15) is 5.56 Å². The zero-order chi connectivity index (χ0) is 14.1. The third-order valence-corrected chi connectivity index (χ3v) is 3.99. The Bertz CT molecular complexity index is 816. The molecule has 0 spiro atoms. The van der Waals surface area contributed by atoms with Gasteiger partial charge in [0.1, 0.15) is 16.5 Å². The van der Waals surface area contributed by atoms with Crippen LogP contribution in [0.5, 0.6) is 11.5 Å². The van der Waals surface area contributed by atoms with Crippen LogP contribution in [0.25, 0.3) is 20.8 Å². The Hall–Kier alpha value is -2.58. The summed E-state index contributed by atoms with van der Waals surface area (Å²) in [5, 5.41) is 28.6. The summed E-state index contributed by atoms with van der Waals surface area (Å²) in [5.74, 6) is 0.348. The molecule has 0 bridgehead atoms. The van der Waals surface area contributed by atoms with E-state index < -0.39 is 0 Å². The summed E-state index contributed by atoms with van der Waals surface area (Å²) in [5.41, 5.74) is 2.37. The molecule has 2 aromatic carbocycles. The van der Waals surface area contributed by atoms with E-state index in [4.69, 9.17) is 5.26 Å². The van der Waals surface area contributed by atoms with Crippen LogP contribution in [0.3, 0.4) is 0 Å². The van der Waals surface area contributed by atoms with Crippen LogP contribution in [0, 0.1) is 11.3 Å². The van der Waals surface area contributed by atoms with Crippen LogP contribution < -0.4 is 0 Å². The second-order valence-electron chi connectivity index (χ2n) is 4.35. The van der Waals surface area contributed by atoms with Gasteiger partial charge in [-0.15, -0.1) is 11.3 Å². The first-order valence-corrected chi connectivity index (χ1v) is 6.78. The van der Waals surface area contributed by atoms with Gasteiger partial charge in [0, 0.05) is 5.56 Å². The number of rotatable bonds is 2. The number of aromatic hydroxyl groups is 2. The van der Waals surface area contributed by atoms with Crippen molar-refractivity contribution in [2.45, 2.75) is 6.42 Å². The minimum Gasteiger partial charge on any atom is -0.508 e. The fourth-order valence-corrected chi connectivity index (χ4v) is 3.08. The molecule has 0 amide bonds. The Morgan fingerprint density at radius 1 is 1.10 bits per heavy atom. The van der Waals surface area contributed by atoms with Crippen LogP contribution in [0.4, 0.5) is 0 Å². The van der Waals surface area contributed by atoms with Gasteiger partial charge in [-0.1, -0.05) is 0 Å². The van der Waals surface area contributed by atoms with Crippen molar-refractivity contribution in [3.63, 3.8) is 0 Å². The van der Waals surface area contributed by atoms with Gasteiger partial charge in [-0.05, 0) is 42.0 Å². The summed E-state index contributed by atoms with van der Waals surface area (Å²) in [4.78, 5) is 4.55. The van der Waals surface area contributed by atoms with Gasteiger partial charge in [-0.25, -0.2) is 4.98 Å². The van der Waals surface area contributed by atoms with Crippen molar-refractivity contribution in [3.8, 4) is 28.1 Å². The number of nitrogens with zero attached hydrogens (tertiary/aromatic N) is 2. The third-order valence-electron chi connectivity index (χ3n) is 2.94. The number of phenols is 2. The monoisotopic (exact) mass is 282 g/mol. The van der Waals surface area contributed by atoms with Crippen LogP contribution >= 0.6 is 11.3 Å². The molecule has 2 N–H and O–H groups in total. The number of benzene rings is 2. The normalized spacial score (nSPS) is 10.6. The van der Waals surface area contributed by atoms with Crippen molar-refractivity contribution in [2.75, 3.05) is 0 Å². The standard InChI is InChI=1S/C15H10N2O2S/c16-6-5-10-7-12(19)8-13-14(10)17-15(20-13)9-1-3-11(18)4-2-9/h1-4,7-8,18-19H,5H2. The fraction of sp³-hybridized carbons (Fsp3) is 0.0667. The van der Waals surface area contributed by atoms with Crippen LogP contribution in [-0.4, -0.2) is 15.2 Å². The summed E-state index contributed by atoms with van der Waals surface area (Å²) in [6.07, 6.45) is 0.212. The topological polar surface area (TPSA) is 77.1 Å². The average molecular weight is 282 g/mol. The number of nitriles is 1. The van der Waals surface area contributed by atoms with E-state index in [0.29, 0.717) is 0 Å². The molecular weight excluding hydrogens is 272 g/mol. The number of fused-ring (bicyclic) bond motifs is 1. The van der Waals surface area contributed by atoms with E-state index in [1.165, 1.54) is 11.3 Å². The molecular formula is C15H10N2O2S. The van der Waals surface area contributed by atoms with Crippen LogP contribution in [0.2, 0.25) is 0 Å². The minimum absolute atomic E-state index is 0.142. The molecule has 0 aliphatic heterocycles. The number of hydrogen-bond acceptors (Lipinski definition) is 5. The molecule has 0 aliphatic carbocycles. The Balaban J connectivity index is 2.17. The number of hydrogen-bond donors (Lipinski definition) is 2.